The van der Waals surface area contributed by atoms with Gasteiger partial charge < -0.3 is 9.31 Å². The van der Waals surface area contributed by atoms with Gasteiger partial charge in [-0.15, -0.1) is 0 Å². The summed E-state index contributed by atoms with van der Waals surface area (Å²) in [4.78, 5) is 4.20. The smallest absolute Gasteiger partial charge is 0.398 e. The largest absolute Gasteiger partial charge is 0.514 e. The number of nitrogens with zero attached hydrogens (tertiary/aromatic N) is 1. The molecule has 0 amide bonds. The molecule has 1 saturated heterocycles. The lowest BCUT2D eigenvalue weighted by molar-refractivity contribution is 0.00578. The first-order valence-corrected chi connectivity index (χ1v) is 8.19. The minimum absolute atomic E-state index is 0.410. The van der Waals surface area contributed by atoms with Crippen LogP contribution in [0.3, 0.4) is 0 Å². The Hall–Kier alpha value is -1.12. The Bertz CT molecular complexity index is 582. The van der Waals surface area contributed by atoms with Crippen molar-refractivity contribution in [3.8, 4) is 0 Å². The zero-order chi connectivity index (χ0) is 15.2. The predicted molar refractivity (Wildman–Crippen MR) is 78.4 cm³/mol. The van der Waals surface area contributed by atoms with Crippen LogP contribution >= 0.6 is 0 Å². The van der Waals surface area contributed by atoms with Crippen LogP contribution in [0.25, 0.3) is 0 Å². The van der Waals surface area contributed by atoms with Gasteiger partial charge in [-0.3, -0.25) is 9.71 Å². The molecule has 1 N–H and O–H groups in total. The molecule has 8 heteroatoms. The summed E-state index contributed by atoms with van der Waals surface area (Å²) in [5.41, 5.74) is 0.168. The highest BCUT2D eigenvalue weighted by molar-refractivity contribution is 7.92. The maximum absolute atomic E-state index is 11.1. The number of rotatable bonds is 3. The van der Waals surface area contributed by atoms with Crippen molar-refractivity contribution in [2.24, 2.45) is 0 Å². The second-order valence-electron chi connectivity index (χ2n) is 5.93. The number of anilines is 1. The second kappa shape index (κ2) is 4.72. The lowest BCUT2D eigenvalue weighted by Crippen LogP contribution is -2.41. The molecule has 0 saturated carbocycles. The molecule has 0 bridgehead atoms. The van der Waals surface area contributed by atoms with Crippen molar-refractivity contribution < 1.29 is 17.7 Å². The summed E-state index contributed by atoms with van der Waals surface area (Å²) in [6.07, 6.45) is 2.54. The molecule has 0 spiro atoms. The van der Waals surface area contributed by atoms with E-state index in [4.69, 9.17) is 9.31 Å². The summed E-state index contributed by atoms with van der Waals surface area (Å²) in [6.45, 7) is 7.86. The van der Waals surface area contributed by atoms with Gasteiger partial charge in [0.05, 0.1) is 34.9 Å². The zero-order valence-corrected chi connectivity index (χ0v) is 13.1. The van der Waals surface area contributed by atoms with E-state index in [1.807, 2.05) is 27.7 Å². The Balaban J connectivity index is 2.16. The third-order valence-electron chi connectivity index (χ3n) is 3.58. The van der Waals surface area contributed by atoms with E-state index in [1.165, 1.54) is 6.20 Å². The first kappa shape index (κ1) is 15.3. The summed E-state index contributed by atoms with van der Waals surface area (Å²) in [5, 5.41) is 0. The average Bonchev–Trinajstić information content (AvgIpc) is 2.47. The molecular weight excluding hydrogens is 279 g/mol. The quantitative estimate of drug-likeness (QED) is 0.833. The van der Waals surface area contributed by atoms with E-state index in [0.29, 0.717) is 11.3 Å². The van der Waals surface area contributed by atoms with Crippen LogP contribution in [0.2, 0.25) is 0 Å². The van der Waals surface area contributed by atoms with Crippen molar-refractivity contribution in [2.75, 3.05) is 11.0 Å². The van der Waals surface area contributed by atoms with E-state index in [-0.39, 0.29) is 0 Å². The van der Waals surface area contributed by atoms with Crippen LogP contribution in [0.1, 0.15) is 27.7 Å². The van der Waals surface area contributed by atoms with E-state index in [0.717, 1.165) is 6.26 Å². The number of hydrogen-bond acceptors (Lipinski definition) is 5. The predicted octanol–water partition coefficient (Wildman–Crippen LogP) is 0.752. The number of aromatic nitrogens is 1. The molecule has 1 aliphatic rings. The van der Waals surface area contributed by atoms with Crippen molar-refractivity contribution in [1.82, 2.24) is 4.98 Å². The average molecular weight is 298 g/mol. The van der Waals surface area contributed by atoms with E-state index < -0.39 is 28.3 Å². The molecule has 0 radical (unpaired) electrons. The van der Waals surface area contributed by atoms with Gasteiger partial charge in [0.15, 0.2) is 0 Å². The van der Waals surface area contributed by atoms with Gasteiger partial charge in [-0.1, -0.05) is 0 Å². The molecule has 1 fully saturated rings. The minimum Gasteiger partial charge on any atom is -0.398 e. The van der Waals surface area contributed by atoms with Crippen molar-refractivity contribution >= 4 is 28.4 Å². The fraction of sp³-hybridized carbons (Fsp3) is 0.583. The van der Waals surface area contributed by atoms with Gasteiger partial charge in [-0.25, -0.2) is 8.42 Å². The number of pyridine rings is 1. The Kier molecular flexibility index (Phi) is 3.60. The molecule has 2 heterocycles. The second-order valence-corrected chi connectivity index (χ2v) is 7.68. The first-order chi connectivity index (χ1) is 9.00. The van der Waals surface area contributed by atoms with Crippen LogP contribution in [-0.4, -0.2) is 38.0 Å². The highest BCUT2D eigenvalue weighted by atomic mass is 32.2. The topological polar surface area (TPSA) is 77.5 Å². The number of hydrogen-bond donors (Lipinski definition) is 1. The van der Waals surface area contributed by atoms with Crippen LogP contribution in [-0.2, 0) is 19.3 Å². The van der Waals surface area contributed by atoms with Gasteiger partial charge in [0.1, 0.15) is 0 Å². The summed E-state index contributed by atoms with van der Waals surface area (Å²) in [5.74, 6) is 0. The van der Waals surface area contributed by atoms with Gasteiger partial charge in [0.25, 0.3) is 0 Å². The Morgan fingerprint density at radius 3 is 2.10 bits per heavy atom. The zero-order valence-electron chi connectivity index (χ0n) is 12.3. The minimum atomic E-state index is -3.30. The summed E-state index contributed by atoms with van der Waals surface area (Å²) in [7, 11) is -3.85. The highest BCUT2D eigenvalue weighted by Crippen LogP contribution is 2.36. The normalized spacial score (nSPS) is 20.9. The molecule has 1 aromatic heterocycles. The first-order valence-electron chi connectivity index (χ1n) is 6.30. The SMILES string of the molecule is CC1(C)OB(c2ccc(NS(C)(=O)=O)cn2)OC1(C)C. The molecule has 0 aliphatic carbocycles. The van der Waals surface area contributed by atoms with Gasteiger partial charge in [-0.2, -0.15) is 0 Å². The van der Waals surface area contributed by atoms with Crippen molar-refractivity contribution in [1.29, 1.82) is 0 Å². The van der Waals surface area contributed by atoms with E-state index in [2.05, 4.69) is 9.71 Å². The maximum Gasteiger partial charge on any atom is 0.514 e. The number of sulfonamides is 1. The number of nitrogens with one attached hydrogen (secondary N) is 1. The van der Waals surface area contributed by atoms with Crippen molar-refractivity contribution in [3.05, 3.63) is 18.3 Å². The third kappa shape index (κ3) is 3.13. The molecule has 2 rings (SSSR count). The Morgan fingerprint density at radius 2 is 1.70 bits per heavy atom. The van der Waals surface area contributed by atoms with Crippen molar-refractivity contribution in [2.45, 2.75) is 38.9 Å². The fourth-order valence-electron chi connectivity index (χ4n) is 1.78. The van der Waals surface area contributed by atoms with Crippen LogP contribution in [0.4, 0.5) is 5.69 Å². The molecule has 1 aromatic rings. The molecule has 0 unspecified atom stereocenters. The molecule has 6 nitrogen and oxygen atoms in total. The molecule has 0 atom stereocenters. The van der Waals surface area contributed by atoms with E-state index >= 15 is 0 Å². The molecular formula is C12H19BN2O4S. The monoisotopic (exact) mass is 298 g/mol. The summed E-state index contributed by atoms with van der Waals surface area (Å²) in [6, 6.07) is 3.32. The molecule has 20 heavy (non-hydrogen) atoms. The van der Waals surface area contributed by atoms with Crippen molar-refractivity contribution in [3.63, 3.8) is 0 Å². The van der Waals surface area contributed by atoms with Gasteiger partial charge >= 0.3 is 7.12 Å². The van der Waals surface area contributed by atoms with E-state index in [1.54, 1.807) is 12.1 Å². The maximum atomic E-state index is 11.1. The van der Waals surface area contributed by atoms with Crippen LogP contribution in [0.5, 0.6) is 0 Å². The standard InChI is InChI=1S/C12H19BN2O4S/c1-11(2)12(3,4)19-13(18-11)10-7-6-9(8-14-10)15-20(5,16)17/h6-8,15H,1-5H3. The lowest BCUT2D eigenvalue weighted by Gasteiger charge is -2.32. The summed E-state index contributed by atoms with van der Waals surface area (Å²) >= 11 is 0. The van der Waals surface area contributed by atoms with Gasteiger partial charge in [-0.05, 0) is 39.8 Å². The third-order valence-corrected chi connectivity index (χ3v) is 4.19. The van der Waals surface area contributed by atoms with Crippen LogP contribution < -0.4 is 10.3 Å². The molecule has 110 valence electrons. The van der Waals surface area contributed by atoms with Gasteiger partial charge in [0.2, 0.25) is 10.0 Å². The highest BCUT2D eigenvalue weighted by Gasteiger charge is 2.52. The summed E-state index contributed by atoms with van der Waals surface area (Å²) < 4.78 is 36.3. The van der Waals surface area contributed by atoms with E-state index in [9.17, 15) is 8.42 Å². The van der Waals surface area contributed by atoms with Gasteiger partial charge in [0, 0.05) is 0 Å². The van der Waals surface area contributed by atoms with Crippen LogP contribution in [0.15, 0.2) is 18.3 Å². The molecule has 0 aromatic carbocycles. The Labute approximate surface area is 120 Å². The lowest BCUT2D eigenvalue weighted by atomic mass is 9.84. The Morgan fingerprint density at radius 1 is 1.15 bits per heavy atom. The molecule has 1 aliphatic heterocycles. The van der Waals surface area contributed by atoms with Crippen LogP contribution in [0, 0.1) is 0 Å². The fourth-order valence-corrected chi connectivity index (χ4v) is 2.33.